The molecule has 4 aromatic carbocycles. The lowest BCUT2D eigenvalue weighted by Gasteiger charge is -2.42. The van der Waals surface area contributed by atoms with Crippen LogP contribution in [0.3, 0.4) is 0 Å². The molecule has 4 aliphatic heterocycles. The number of Topliss-reactive ketones (excluding diaryl/α,β-unsaturated/α-hetero) is 1. The number of halogens is 1. The summed E-state index contributed by atoms with van der Waals surface area (Å²) in [5.74, 6) is -8.54. The van der Waals surface area contributed by atoms with Gasteiger partial charge in [0, 0.05) is 82.5 Å². The number of fused-ring (bicyclic) bond motifs is 6. The minimum absolute atomic E-state index is 0.0131. The van der Waals surface area contributed by atoms with Gasteiger partial charge in [0.25, 0.3) is 0 Å². The van der Waals surface area contributed by atoms with Gasteiger partial charge in [-0.1, -0.05) is 155 Å². The van der Waals surface area contributed by atoms with E-state index in [9.17, 15) is 58.8 Å². The number of carbonyl (C=O) groups is 12. The molecule has 132 heavy (non-hydrogen) atoms. The zero-order valence-corrected chi connectivity index (χ0v) is 80.5. The van der Waals surface area contributed by atoms with E-state index < -0.39 is 204 Å². The summed E-state index contributed by atoms with van der Waals surface area (Å²) in [4.78, 5) is 177. The van der Waals surface area contributed by atoms with Crippen molar-refractivity contribution in [1.29, 1.82) is 0 Å². The van der Waals surface area contributed by atoms with Crippen LogP contribution in [0, 0.1) is 11.8 Å². The number of esters is 1. The quantitative estimate of drug-likeness (QED) is 0.00777. The number of nitrogens with zero attached hydrogens (tertiary/aromatic N) is 2. The molecule has 0 saturated carbocycles. The van der Waals surface area contributed by atoms with Crippen LogP contribution >= 0.6 is 45.0 Å². The molecule has 5 aliphatic rings. The van der Waals surface area contributed by atoms with Crippen LogP contribution in [0.2, 0.25) is 5.02 Å². The van der Waals surface area contributed by atoms with Gasteiger partial charge in [0.05, 0.1) is 62.3 Å². The topological polar surface area (TPSA) is 459 Å². The third kappa shape index (κ3) is 30.7. The number of nitrogens with one attached hydrogen (secondary N) is 9. The highest BCUT2D eigenvalue weighted by Gasteiger charge is 2.65. The van der Waals surface area contributed by atoms with Crippen LogP contribution in [0.25, 0.3) is 5.57 Å². The molecule has 33 nitrogen and oxygen atoms in total. The molecule has 18 atom stereocenters. The van der Waals surface area contributed by atoms with E-state index in [4.69, 9.17) is 40.0 Å². The number of epoxide rings is 1. The van der Waals surface area contributed by atoms with Crippen molar-refractivity contribution in [2.75, 3.05) is 75.9 Å². The number of ether oxygens (including phenoxy) is 6. The van der Waals surface area contributed by atoms with E-state index in [0.717, 1.165) is 49.4 Å². The number of allylic oxidation sites excluding steroid dienone is 4. The fourth-order valence-electron chi connectivity index (χ4n) is 16.2. The SMILES string of the molecule is COc1cc2cc(c1Cl)N(C)C(=O)C[C@H](OC(=O)C(C)N(C)C(=O)CCSCCCN[C@H](Cc1ccccc1)C(=O)N[C@H]1CSSC[C@@H](C(=O)N[C@H](CO)[C@@H](C)O)NC(=O)[C@H]([C@@H](C)O)NC(=O)[C@H](CCCCNC(=O)OC(C)(C)C)NC(=O)[C@@H](CC3=CCc4ccccc43)NC(=O)[C@H](Cc3ccccc3)CC1=O)[C@]1(C)O[C@H]1[C@H](C)[C@@H]1C[C@@](O)(NC(=O)O1)[C@H](OC)C/C=C/C=C(\C)C2. The predicted molar refractivity (Wildman–Crippen MR) is 505 cm³/mol. The molecule has 1 unspecified atom stereocenters. The average Bonchev–Trinajstić information content (AvgIpc) is 1.57. The first-order valence-corrected chi connectivity index (χ1v) is 48.8. The molecule has 3 saturated heterocycles. The van der Waals surface area contributed by atoms with Crippen LogP contribution in [0.1, 0.15) is 154 Å². The lowest BCUT2D eigenvalue weighted by molar-refractivity contribution is -0.162. The number of ketones is 1. The molecule has 3 fully saturated rings. The summed E-state index contributed by atoms with van der Waals surface area (Å²) in [6, 6.07) is 18.3. The summed E-state index contributed by atoms with van der Waals surface area (Å²) >= 11 is 8.38. The second kappa shape index (κ2) is 50.1. The molecule has 0 radical (unpaired) electrons. The van der Waals surface area contributed by atoms with Crippen LogP contribution in [0.5, 0.6) is 5.75 Å². The van der Waals surface area contributed by atoms with Gasteiger partial charge in [-0.15, -0.1) is 0 Å². The number of aliphatic hydroxyl groups is 4. The summed E-state index contributed by atoms with van der Waals surface area (Å²) in [6.07, 6.45) is 0.0244. The molecule has 4 heterocycles. The van der Waals surface area contributed by atoms with Crippen molar-refractivity contribution in [2.45, 2.75) is 254 Å². The highest BCUT2D eigenvalue weighted by Crippen LogP contribution is 2.50. The van der Waals surface area contributed by atoms with E-state index in [1.54, 1.807) is 84.1 Å². The Morgan fingerprint density at radius 1 is 0.811 bits per heavy atom. The number of anilines is 1. The smallest absolute Gasteiger partial charge is 0.409 e. The largest absolute Gasteiger partial charge is 0.495 e. The summed E-state index contributed by atoms with van der Waals surface area (Å²) in [5, 5.41) is 69.5. The van der Waals surface area contributed by atoms with E-state index in [0.29, 0.717) is 53.3 Å². The van der Waals surface area contributed by atoms with Gasteiger partial charge in [-0.05, 0) is 171 Å². The number of hydrogen-bond donors (Lipinski definition) is 13. The van der Waals surface area contributed by atoms with Crippen LogP contribution in [-0.2, 0) is 97.3 Å². The van der Waals surface area contributed by atoms with Gasteiger partial charge in [-0.2, -0.15) is 11.8 Å². The number of rotatable bonds is 31. The number of aliphatic hydroxyl groups excluding tert-OH is 3. The van der Waals surface area contributed by atoms with E-state index in [1.165, 1.54) is 63.6 Å². The summed E-state index contributed by atoms with van der Waals surface area (Å²) in [7, 11) is 7.96. The molecule has 0 spiro atoms. The van der Waals surface area contributed by atoms with Gasteiger partial charge < -0.3 is 101 Å². The van der Waals surface area contributed by atoms with Crippen molar-refractivity contribution in [2.24, 2.45) is 11.8 Å². The Bertz CT molecular complexity index is 4760. The Morgan fingerprint density at radius 2 is 1.49 bits per heavy atom. The fraction of sp³-hybridized carbons (Fsp3) is 0.558. The number of carbonyl (C=O) groups excluding carboxylic acids is 12. The van der Waals surface area contributed by atoms with Crippen LogP contribution in [0.4, 0.5) is 15.3 Å². The Kier molecular flexibility index (Phi) is 40.3. The van der Waals surface area contributed by atoms with Gasteiger partial charge in [-0.25, -0.2) is 14.4 Å². The molecule has 9 rings (SSSR count). The van der Waals surface area contributed by atoms with Crippen LogP contribution < -0.4 is 57.5 Å². The predicted octanol–water partition coefficient (Wildman–Crippen LogP) is 7.22. The molecule has 13 N–H and O–H groups in total. The Balaban J connectivity index is 0.918. The zero-order chi connectivity index (χ0) is 96.3. The molecule has 722 valence electrons. The Morgan fingerprint density at radius 3 is 2.17 bits per heavy atom. The Hall–Kier alpha value is -9.60. The number of amides is 10. The number of hydrogen-bond acceptors (Lipinski definition) is 26. The van der Waals surface area contributed by atoms with Gasteiger partial charge in [0.15, 0.2) is 11.5 Å². The average molecular weight is 1910 g/mol. The molecule has 4 bridgehead atoms. The van der Waals surface area contributed by atoms with Crippen molar-refractivity contribution in [3.8, 4) is 5.75 Å². The van der Waals surface area contributed by atoms with Gasteiger partial charge in [0.1, 0.15) is 70.5 Å². The van der Waals surface area contributed by atoms with Crippen LogP contribution in [0.15, 0.2) is 127 Å². The zero-order valence-electron chi connectivity index (χ0n) is 77.3. The number of unbranched alkanes of at least 4 members (excludes halogenated alkanes) is 1. The first-order valence-electron chi connectivity index (χ1n) is 44.8. The second-order valence-corrected chi connectivity index (χ2v) is 39.7. The lowest BCUT2D eigenvalue weighted by atomic mass is 9.83. The molecular formula is C95H130ClN11O22S3. The molecular weight excluding hydrogens is 1780 g/mol. The maximum absolute atomic E-state index is 15.6. The van der Waals surface area contributed by atoms with Crippen molar-refractivity contribution in [3.05, 3.63) is 160 Å². The first kappa shape index (κ1) is 106. The van der Waals surface area contributed by atoms with Gasteiger partial charge in [-0.3, -0.25) is 48.5 Å². The minimum Gasteiger partial charge on any atom is -0.495 e. The Labute approximate surface area is 789 Å². The first-order chi connectivity index (χ1) is 62.7. The van der Waals surface area contributed by atoms with E-state index >= 15 is 19.2 Å². The highest BCUT2D eigenvalue weighted by molar-refractivity contribution is 8.76. The summed E-state index contributed by atoms with van der Waals surface area (Å²) in [5.41, 5.74) is 1.89. The third-order valence-electron chi connectivity index (χ3n) is 24.1. The highest BCUT2D eigenvalue weighted by atomic mass is 35.5. The lowest BCUT2D eigenvalue weighted by Crippen LogP contribution is -2.64. The van der Waals surface area contributed by atoms with Crippen LogP contribution in [-0.4, -0.2) is 269 Å². The normalized spacial score (nSPS) is 26.2. The number of thioether (sulfide) groups is 1. The standard InChI is InChI=1S/C95H130ClN11O22S3/c1-55-27-20-23-35-77(125-13)95(123)51-76(126-92(122)105-95)56(2)83-94(9,128-83)78(50-80(113)107(11)73-46-62(43-55)47-75(124-12)81(73)96)127-90(120)57(3)106(10)79(112)38-42-130-41-26-40-97-68(45-61-30-18-15-19-31-61)86(116)102-71-53-131-132-54-72(88(118)101-70(52-108)58(4)109)103-89(119)82(59(5)110)104-85(115)67(34-24-25-39-98-91(121)129-93(6,7)8)99-87(117)69(48-64-37-36-63-32-21-22-33-66(63)64)100-84(114)65(49-74(71)111)44-60-28-16-14-17-29-60/h14-23,27-33,37,46-47,56-59,65,67-72,76-78,82-83,97,108-110,123H,24-26,34-36,38-45,48-54H2,1-13H3,(H,98,121)(H,99,117)(H,100,114)(H,101,118)(H,102,116)(H,103,119)(H,104,115)(H,105,122)/b23-20+,55-27+/t56-,57?,58-,59-,65-,67+,68-,69-,70-,71+,72+,76+,77-,78+,82+,83+,94+,95+/m1/s1. The molecule has 0 aromatic heterocycles. The van der Waals surface area contributed by atoms with Crippen molar-refractivity contribution in [3.63, 3.8) is 0 Å². The molecule has 4 aromatic rings. The number of likely N-dealkylation sites (N-methyl/N-ethyl adjacent to an activating group) is 1. The number of benzene rings is 4. The minimum atomic E-state index is -1.88. The van der Waals surface area contributed by atoms with Crippen molar-refractivity contribution in [1.82, 2.24) is 52.8 Å². The van der Waals surface area contributed by atoms with E-state index in [1.807, 2.05) is 85.8 Å². The van der Waals surface area contributed by atoms with E-state index in [-0.39, 0.29) is 87.4 Å². The summed E-state index contributed by atoms with van der Waals surface area (Å²) < 4.78 is 35.4. The number of alkyl carbamates (subject to hydrolysis) is 2. The van der Waals surface area contributed by atoms with E-state index in [2.05, 4.69) is 47.9 Å². The molecule has 1 aliphatic carbocycles. The third-order valence-corrected chi connectivity index (χ3v) is 28.0. The molecule has 37 heteroatoms. The second-order valence-electron chi connectivity index (χ2n) is 35.5. The molecule has 10 amide bonds. The van der Waals surface area contributed by atoms with Crippen molar-refractivity contribution >= 4 is 127 Å². The van der Waals surface area contributed by atoms with Crippen molar-refractivity contribution < 1.29 is 106 Å². The van der Waals surface area contributed by atoms with Gasteiger partial charge in [0.2, 0.25) is 47.3 Å². The number of methoxy groups -OCH3 is 2. The fourth-order valence-corrected chi connectivity index (χ4v) is 19.7. The summed E-state index contributed by atoms with van der Waals surface area (Å²) in [6.45, 7) is 14.2. The maximum atomic E-state index is 15.6. The maximum Gasteiger partial charge on any atom is 0.409 e. The monoisotopic (exact) mass is 1910 g/mol. The van der Waals surface area contributed by atoms with Gasteiger partial charge >= 0.3 is 18.2 Å².